The summed E-state index contributed by atoms with van der Waals surface area (Å²) < 4.78 is 0. The van der Waals surface area contributed by atoms with Crippen LogP contribution in [0, 0.1) is 5.92 Å². The average molecular weight is 259 g/mol. The van der Waals surface area contributed by atoms with Gasteiger partial charge in [-0.25, -0.2) is 0 Å². The Labute approximate surface area is 114 Å². The third-order valence-electron chi connectivity index (χ3n) is 3.64. The zero-order chi connectivity index (χ0) is 13.7. The molecule has 0 saturated carbocycles. The van der Waals surface area contributed by atoms with Crippen LogP contribution < -0.4 is 0 Å². The van der Waals surface area contributed by atoms with E-state index in [2.05, 4.69) is 17.0 Å². The van der Waals surface area contributed by atoms with Gasteiger partial charge in [-0.2, -0.15) is 0 Å². The van der Waals surface area contributed by atoms with E-state index >= 15 is 0 Å². The lowest BCUT2D eigenvalue weighted by Crippen LogP contribution is -2.43. The van der Waals surface area contributed by atoms with Crippen LogP contribution in [0.25, 0.3) is 0 Å². The number of benzene rings is 1. The SMILES string of the molecule is CCCC(=O)C1CN(Cc2ccccc2)CCC1=O. The molecule has 1 aromatic rings. The van der Waals surface area contributed by atoms with Crippen molar-refractivity contribution in [3.63, 3.8) is 0 Å². The summed E-state index contributed by atoms with van der Waals surface area (Å²) in [6, 6.07) is 10.2. The van der Waals surface area contributed by atoms with E-state index < -0.39 is 5.92 Å². The summed E-state index contributed by atoms with van der Waals surface area (Å²) in [6.07, 6.45) is 1.85. The minimum absolute atomic E-state index is 0.116. The second-order valence-corrected chi connectivity index (χ2v) is 5.21. The van der Waals surface area contributed by atoms with Crippen LogP contribution >= 0.6 is 0 Å². The van der Waals surface area contributed by atoms with Crippen LogP contribution in [-0.2, 0) is 16.1 Å². The molecule has 0 N–H and O–H groups in total. The number of carbonyl (C=O) groups is 2. The molecule has 0 bridgehead atoms. The topological polar surface area (TPSA) is 37.4 Å². The summed E-state index contributed by atoms with van der Waals surface area (Å²) in [7, 11) is 0. The van der Waals surface area contributed by atoms with Crippen molar-refractivity contribution in [3.05, 3.63) is 35.9 Å². The van der Waals surface area contributed by atoms with Gasteiger partial charge in [0.05, 0.1) is 5.92 Å². The fraction of sp³-hybridized carbons (Fsp3) is 0.500. The third kappa shape index (κ3) is 3.74. The maximum absolute atomic E-state index is 12.0. The molecule has 19 heavy (non-hydrogen) atoms. The number of nitrogens with zero attached hydrogens (tertiary/aromatic N) is 1. The molecule has 1 fully saturated rings. The molecule has 3 heteroatoms. The number of piperidine rings is 1. The van der Waals surface area contributed by atoms with Gasteiger partial charge < -0.3 is 0 Å². The highest BCUT2D eigenvalue weighted by Crippen LogP contribution is 2.18. The fourth-order valence-corrected chi connectivity index (χ4v) is 2.58. The Balaban J connectivity index is 1.97. The Kier molecular flexibility index (Phi) is 4.86. The van der Waals surface area contributed by atoms with Crippen molar-refractivity contribution >= 4 is 11.6 Å². The molecular weight excluding hydrogens is 238 g/mol. The molecular formula is C16H21NO2. The summed E-state index contributed by atoms with van der Waals surface area (Å²) in [5.74, 6) is -0.148. The molecule has 0 amide bonds. The van der Waals surface area contributed by atoms with Crippen molar-refractivity contribution in [1.29, 1.82) is 0 Å². The summed E-state index contributed by atoms with van der Waals surface area (Å²) >= 11 is 0. The summed E-state index contributed by atoms with van der Waals surface area (Å²) in [5.41, 5.74) is 1.23. The maximum atomic E-state index is 12.0. The summed E-state index contributed by atoms with van der Waals surface area (Å²) in [5, 5.41) is 0. The molecule has 2 rings (SSSR count). The fourth-order valence-electron chi connectivity index (χ4n) is 2.58. The third-order valence-corrected chi connectivity index (χ3v) is 3.64. The lowest BCUT2D eigenvalue weighted by atomic mass is 9.90. The summed E-state index contributed by atoms with van der Waals surface area (Å²) in [4.78, 5) is 26.0. The van der Waals surface area contributed by atoms with Crippen LogP contribution in [-0.4, -0.2) is 29.6 Å². The molecule has 3 nitrogen and oxygen atoms in total. The highest BCUT2D eigenvalue weighted by atomic mass is 16.2. The van der Waals surface area contributed by atoms with Gasteiger partial charge in [-0.05, 0) is 12.0 Å². The zero-order valence-electron chi connectivity index (χ0n) is 11.5. The van der Waals surface area contributed by atoms with Gasteiger partial charge in [-0.3, -0.25) is 14.5 Å². The lowest BCUT2D eigenvalue weighted by Gasteiger charge is -2.31. The van der Waals surface area contributed by atoms with Crippen LogP contribution in [0.1, 0.15) is 31.7 Å². The smallest absolute Gasteiger partial charge is 0.145 e. The van der Waals surface area contributed by atoms with Crippen molar-refractivity contribution in [1.82, 2.24) is 4.90 Å². The van der Waals surface area contributed by atoms with E-state index in [0.29, 0.717) is 19.4 Å². The second kappa shape index (κ2) is 6.62. The van der Waals surface area contributed by atoms with Crippen molar-refractivity contribution in [2.24, 2.45) is 5.92 Å². The monoisotopic (exact) mass is 259 g/mol. The first kappa shape index (κ1) is 13.9. The Morgan fingerprint density at radius 2 is 2.05 bits per heavy atom. The van der Waals surface area contributed by atoms with E-state index in [4.69, 9.17) is 0 Å². The number of Topliss-reactive ketones (excluding diaryl/α,β-unsaturated/α-hetero) is 2. The molecule has 1 aliphatic heterocycles. The van der Waals surface area contributed by atoms with E-state index in [1.807, 2.05) is 25.1 Å². The minimum Gasteiger partial charge on any atom is -0.299 e. The van der Waals surface area contributed by atoms with E-state index in [0.717, 1.165) is 19.5 Å². The van der Waals surface area contributed by atoms with Gasteiger partial charge in [-0.15, -0.1) is 0 Å². The predicted molar refractivity (Wildman–Crippen MR) is 74.7 cm³/mol. The van der Waals surface area contributed by atoms with Crippen molar-refractivity contribution in [2.45, 2.75) is 32.7 Å². The molecule has 0 spiro atoms. The molecule has 1 heterocycles. The minimum atomic E-state index is -0.391. The molecule has 1 atom stereocenters. The van der Waals surface area contributed by atoms with Crippen LogP contribution in [0.3, 0.4) is 0 Å². The number of hydrogen-bond acceptors (Lipinski definition) is 3. The van der Waals surface area contributed by atoms with Gasteiger partial charge in [0, 0.05) is 32.5 Å². The predicted octanol–water partition coefficient (Wildman–Crippen LogP) is 2.45. The van der Waals surface area contributed by atoms with Gasteiger partial charge in [0.25, 0.3) is 0 Å². The Morgan fingerprint density at radius 3 is 2.74 bits per heavy atom. The molecule has 0 aliphatic carbocycles. The highest BCUT2D eigenvalue weighted by molar-refractivity contribution is 6.03. The van der Waals surface area contributed by atoms with Crippen LogP contribution in [0.4, 0.5) is 0 Å². The Morgan fingerprint density at radius 1 is 1.32 bits per heavy atom. The first-order valence-corrected chi connectivity index (χ1v) is 7.02. The molecule has 1 aromatic carbocycles. The van der Waals surface area contributed by atoms with Crippen molar-refractivity contribution < 1.29 is 9.59 Å². The normalized spacial score (nSPS) is 20.5. The van der Waals surface area contributed by atoms with Crippen LogP contribution in [0.2, 0.25) is 0 Å². The first-order chi connectivity index (χ1) is 9.20. The zero-order valence-corrected chi connectivity index (χ0v) is 11.5. The second-order valence-electron chi connectivity index (χ2n) is 5.21. The van der Waals surface area contributed by atoms with E-state index in [1.165, 1.54) is 5.56 Å². The molecule has 102 valence electrons. The Hall–Kier alpha value is -1.48. The van der Waals surface area contributed by atoms with Crippen molar-refractivity contribution in [2.75, 3.05) is 13.1 Å². The van der Waals surface area contributed by atoms with Gasteiger partial charge in [0.15, 0.2) is 0 Å². The highest BCUT2D eigenvalue weighted by Gasteiger charge is 2.31. The van der Waals surface area contributed by atoms with Gasteiger partial charge in [0.1, 0.15) is 11.6 Å². The molecule has 1 saturated heterocycles. The van der Waals surface area contributed by atoms with Crippen LogP contribution in [0.15, 0.2) is 30.3 Å². The average Bonchev–Trinajstić information content (AvgIpc) is 2.42. The number of hydrogen-bond donors (Lipinski definition) is 0. The van der Waals surface area contributed by atoms with E-state index in [-0.39, 0.29) is 11.6 Å². The number of carbonyl (C=O) groups excluding carboxylic acids is 2. The largest absolute Gasteiger partial charge is 0.299 e. The number of ketones is 2. The molecule has 0 aromatic heterocycles. The number of rotatable bonds is 5. The van der Waals surface area contributed by atoms with Gasteiger partial charge in [-0.1, -0.05) is 37.3 Å². The summed E-state index contributed by atoms with van der Waals surface area (Å²) in [6.45, 7) is 4.16. The van der Waals surface area contributed by atoms with Gasteiger partial charge in [0.2, 0.25) is 0 Å². The van der Waals surface area contributed by atoms with E-state index in [9.17, 15) is 9.59 Å². The first-order valence-electron chi connectivity index (χ1n) is 7.02. The number of likely N-dealkylation sites (tertiary alicyclic amines) is 1. The maximum Gasteiger partial charge on any atom is 0.145 e. The van der Waals surface area contributed by atoms with Crippen molar-refractivity contribution in [3.8, 4) is 0 Å². The van der Waals surface area contributed by atoms with Gasteiger partial charge >= 0.3 is 0 Å². The van der Waals surface area contributed by atoms with Crippen LogP contribution in [0.5, 0.6) is 0 Å². The standard InChI is InChI=1S/C16H21NO2/c1-2-6-15(18)14-12-17(10-9-16(14)19)11-13-7-4-3-5-8-13/h3-5,7-8,14H,2,6,9-12H2,1H3. The Bertz CT molecular complexity index is 441. The lowest BCUT2D eigenvalue weighted by molar-refractivity contribution is -0.136. The molecule has 1 unspecified atom stereocenters. The quantitative estimate of drug-likeness (QED) is 0.762. The van der Waals surface area contributed by atoms with E-state index in [1.54, 1.807) is 0 Å². The molecule has 1 aliphatic rings. The molecule has 0 radical (unpaired) electrons.